The van der Waals surface area contributed by atoms with E-state index in [1.165, 1.54) is 4.90 Å². The second-order valence-electron chi connectivity index (χ2n) is 13.9. The number of nitrogens with one attached hydrogen (secondary N) is 1. The Morgan fingerprint density at radius 3 is 2.14 bits per heavy atom. The number of aliphatic carboxylic acids is 1. The highest BCUT2D eigenvalue weighted by atomic mass is 19.4. The van der Waals surface area contributed by atoms with Crippen molar-refractivity contribution in [1.29, 1.82) is 0 Å². The van der Waals surface area contributed by atoms with E-state index in [4.69, 9.17) is 26.5 Å². The summed E-state index contributed by atoms with van der Waals surface area (Å²) in [5.41, 5.74) is 6.36. The van der Waals surface area contributed by atoms with Gasteiger partial charge in [0.15, 0.2) is 0 Å². The maximum absolute atomic E-state index is 15.0. The van der Waals surface area contributed by atoms with Crippen LogP contribution in [0.1, 0.15) is 44.6 Å². The number of imidazole rings is 1. The van der Waals surface area contributed by atoms with Gasteiger partial charge in [0.05, 0.1) is 17.8 Å². The number of carbonyl (C=O) groups excluding carboxylic acids is 5. The lowest BCUT2D eigenvalue weighted by atomic mass is 9.84. The minimum atomic E-state index is -5.08. The molecule has 0 fully saturated rings. The molecule has 0 saturated heterocycles. The fraction of sp³-hybridized carbons (Fsp3) is 0.378. The number of alkyl halides is 3. The lowest BCUT2D eigenvalue weighted by Gasteiger charge is -2.40. The number of hydrogen-bond acceptors (Lipinski definition) is 10. The topological polar surface area (TPSA) is 234 Å². The van der Waals surface area contributed by atoms with Crippen LogP contribution in [0.25, 0.3) is 11.3 Å². The summed E-state index contributed by atoms with van der Waals surface area (Å²) in [5.74, 6) is -1.09. The van der Waals surface area contributed by atoms with E-state index in [-0.39, 0.29) is 43.9 Å². The number of aliphatic hydroxyl groups is 1. The summed E-state index contributed by atoms with van der Waals surface area (Å²) in [7, 11) is 0. The smallest absolute Gasteiger partial charge is 0.475 e. The molecule has 2 aromatic carbocycles. The van der Waals surface area contributed by atoms with Gasteiger partial charge in [-0.3, -0.25) is 33.9 Å². The molecule has 4 rings (SSSR count). The van der Waals surface area contributed by atoms with Gasteiger partial charge < -0.3 is 30.7 Å². The van der Waals surface area contributed by atoms with E-state index in [2.05, 4.69) is 5.32 Å². The van der Waals surface area contributed by atoms with Crippen molar-refractivity contribution >= 4 is 35.5 Å². The average molecular weight is 823 g/mol. The fourth-order valence-corrected chi connectivity index (χ4v) is 5.72. The quantitative estimate of drug-likeness (QED) is 0.0488. The Hall–Kier alpha value is -6.06. The second-order valence-corrected chi connectivity index (χ2v) is 13.9. The third-order valence-electron chi connectivity index (χ3n) is 8.44. The Kier molecular flexibility index (Phi) is 15.9. The van der Waals surface area contributed by atoms with Crippen LogP contribution < -0.4 is 16.9 Å². The second kappa shape index (κ2) is 19.9. The Morgan fingerprint density at radius 1 is 0.983 bits per heavy atom. The minimum absolute atomic E-state index is 0.0634. The molecule has 3 aromatic rings. The lowest BCUT2D eigenvalue weighted by Crippen LogP contribution is -2.53. The molecular weight excluding hydrogens is 779 g/mol. The molecule has 2 heterocycles. The number of hydrazine groups is 1. The number of rotatable bonds is 15. The standard InChI is InChI=1S/C35H42F2N8O6.C2HF3O2/c1-35(2,3)32(33-41-27(24-17-23(36)9-10-25(24)37)19-42(33)18-22-7-5-4-6-8-22)44(31(50)21-46)15-13-26(38)34(51)45(39)20-28(47)40-14-16-43-29(48)11-12-30(43)49;3-2(4,5)1(6)7/h4-12,17,19,26,32,46H,13-16,18,20-21,38-39H2,1-3H3,(H,40,47);(H,6,7). The normalized spacial score (nSPS) is 13.7. The Bertz CT molecular complexity index is 1980. The molecule has 0 radical (unpaired) electrons. The van der Waals surface area contributed by atoms with Crippen LogP contribution in [0.5, 0.6) is 0 Å². The van der Waals surface area contributed by atoms with E-state index in [9.17, 15) is 51.0 Å². The van der Waals surface area contributed by atoms with Gasteiger partial charge in [-0.1, -0.05) is 51.1 Å². The molecule has 314 valence electrons. The summed E-state index contributed by atoms with van der Waals surface area (Å²) < 4.78 is 62.7. The first-order valence-electron chi connectivity index (χ1n) is 17.4. The number of halogens is 5. The van der Waals surface area contributed by atoms with Crippen LogP contribution in [0.4, 0.5) is 22.0 Å². The number of carboxylic acids is 1. The number of nitrogens with two attached hydrogens (primary N) is 2. The average Bonchev–Trinajstić information content (AvgIpc) is 3.70. The van der Waals surface area contributed by atoms with Crippen molar-refractivity contribution in [3.8, 4) is 11.3 Å². The number of hydrogen-bond donors (Lipinski definition) is 5. The maximum atomic E-state index is 15.0. The molecule has 0 bridgehead atoms. The molecule has 58 heavy (non-hydrogen) atoms. The summed E-state index contributed by atoms with van der Waals surface area (Å²) >= 11 is 0. The number of carboxylic acid groups (broad SMARTS) is 1. The van der Waals surface area contributed by atoms with Crippen LogP contribution in [0.2, 0.25) is 0 Å². The predicted octanol–water partition coefficient (Wildman–Crippen LogP) is 1.88. The van der Waals surface area contributed by atoms with E-state index < -0.39 is 84.0 Å². The fourth-order valence-electron chi connectivity index (χ4n) is 5.72. The molecule has 0 spiro atoms. The first-order valence-corrected chi connectivity index (χ1v) is 17.4. The zero-order valence-electron chi connectivity index (χ0n) is 31.6. The van der Waals surface area contributed by atoms with E-state index >= 15 is 0 Å². The highest BCUT2D eigenvalue weighted by molar-refractivity contribution is 6.12. The number of nitrogens with zero attached hydrogens (tertiary/aromatic N) is 5. The van der Waals surface area contributed by atoms with Crippen LogP contribution in [0, 0.1) is 17.0 Å². The number of aromatic nitrogens is 2. The Morgan fingerprint density at radius 2 is 1.59 bits per heavy atom. The zero-order chi connectivity index (χ0) is 43.5. The van der Waals surface area contributed by atoms with Gasteiger partial charge in [0.25, 0.3) is 17.7 Å². The van der Waals surface area contributed by atoms with Crippen molar-refractivity contribution in [1.82, 2.24) is 29.7 Å². The van der Waals surface area contributed by atoms with Gasteiger partial charge >= 0.3 is 12.1 Å². The van der Waals surface area contributed by atoms with Crippen molar-refractivity contribution in [2.24, 2.45) is 17.0 Å². The van der Waals surface area contributed by atoms with Gasteiger partial charge in [-0.05, 0) is 35.6 Å². The summed E-state index contributed by atoms with van der Waals surface area (Å²) in [4.78, 5) is 78.1. The van der Waals surface area contributed by atoms with E-state index in [0.717, 1.165) is 40.8 Å². The van der Waals surface area contributed by atoms with Crippen molar-refractivity contribution in [2.45, 2.75) is 52.0 Å². The summed E-state index contributed by atoms with van der Waals surface area (Å²) in [6.07, 6.45) is -1.40. The van der Waals surface area contributed by atoms with Crippen LogP contribution in [-0.4, -0.2) is 115 Å². The SMILES string of the molecule is CC(C)(C)C(c1nc(-c2cc(F)ccc2F)cn1Cc1ccccc1)N(CCC(N)C(=O)N(N)CC(=O)NCCN1C(=O)C=CC1=O)C(=O)CO.O=C(O)C(F)(F)F. The molecule has 1 aliphatic rings. The van der Waals surface area contributed by atoms with Gasteiger partial charge in [0, 0.05) is 50.1 Å². The molecule has 2 atom stereocenters. The van der Waals surface area contributed by atoms with Gasteiger partial charge in [-0.25, -0.2) is 24.4 Å². The van der Waals surface area contributed by atoms with Gasteiger partial charge in [0.2, 0.25) is 11.8 Å². The van der Waals surface area contributed by atoms with Crippen LogP contribution in [0.15, 0.2) is 66.9 Å². The van der Waals surface area contributed by atoms with Gasteiger partial charge in [-0.15, -0.1) is 0 Å². The number of benzene rings is 2. The maximum Gasteiger partial charge on any atom is 0.490 e. The molecule has 16 nitrogen and oxygen atoms in total. The number of amides is 5. The summed E-state index contributed by atoms with van der Waals surface area (Å²) in [6, 6.07) is 10.2. The third-order valence-corrected chi connectivity index (χ3v) is 8.44. The highest BCUT2D eigenvalue weighted by Crippen LogP contribution is 2.39. The molecule has 1 aromatic heterocycles. The Labute approximate surface area is 328 Å². The zero-order valence-corrected chi connectivity index (χ0v) is 31.6. The van der Waals surface area contributed by atoms with E-state index in [1.54, 1.807) is 10.8 Å². The van der Waals surface area contributed by atoms with Gasteiger partial charge in [-0.2, -0.15) is 13.2 Å². The number of imide groups is 1. The summed E-state index contributed by atoms with van der Waals surface area (Å²) in [5, 5.41) is 20.3. The van der Waals surface area contributed by atoms with Crippen molar-refractivity contribution < 1.29 is 60.9 Å². The van der Waals surface area contributed by atoms with Crippen molar-refractivity contribution in [2.75, 3.05) is 32.8 Å². The summed E-state index contributed by atoms with van der Waals surface area (Å²) in [6.45, 7) is 4.05. The van der Waals surface area contributed by atoms with Crippen LogP contribution in [0.3, 0.4) is 0 Å². The first-order chi connectivity index (χ1) is 27.0. The van der Waals surface area contributed by atoms with E-state index in [0.29, 0.717) is 10.8 Å². The Balaban J connectivity index is 0.00000117. The largest absolute Gasteiger partial charge is 0.490 e. The number of aliphatic hydroxyl groups excluding tert-OH is 1. The molecule has 0 saturated carbocycles. The van der Waals surface area contributed by atoms with Gasteiger partial charge in [0.1, 0.15) is 30.6 Å². The molecular formula is C37H43F5N8O8. The lowest BCUT2D eigenvalue weighted by molar-refractivity contribution is -0.192. The predicted molar refractivity (Wildman–Crippen MR) is 195 cm³/mol. The molecule has 0 aliphatic carbocycles. The monoisotopic (exact) mass is 822 g/mol. The highest BCUT2D eigenvalue weighted by Gasteiger charge is 2.39. The molecule has 7 N–H and O–H groups in total. The molecule has 2 unspecified atom stereocenters. The molecule has 5 amide bonds. The molecule has 1 aliphatic heterocycles. The third kappa shape index (κ3) is 12.7. The number of carbonyl (C=O) groups is 6. The van der Waals surface area contributed by atoms with Crippen LogP contribution in [-0.2, 0) is 35.3 Å². The van der Waals surface area contributed by atoms with Crippen molar-refractivity contribution in [3.05, 3.63) is 89.9 Å². The van der Waals surface area contributed by atoms with Crippen molar-refractivity contribution in [3.63, 3.8) is 0 Å². The van der Waals surface area contributed by atoms with E-state index in [1.807, 2.05) is 51.1 Å². The first kappa shape index (κ1) is 46.3. The molecule has 21 heteroatoms. The minimum Gasteiger partial charge on any atom is -0.475 e. The van der Waals surface area contributed by atoms with Crippen LogP contribution >= 0.6 is 0 Å².